The maximum atomic E-state index is 12.3. The Morgan fingerprint density at radius 2 is 2.25 bits per heavy atom. The molecular weight excluding hydrogens is 274 g/mol. The first-order chi connectivity index (χ1) is 9.65. The van der Waals surface area contributed by atoms with Gasteiger partial charge < -0.3 is 4.74 Å². The zero-order valence-electron chi connectivity index (χ0n) is 11.1. The van der Waals surface area contributed by atoms with Crippen LogP contribution in [0.25, 0.3) is 0 Å². The number of nitrogens with zero attached hydrogens (tertiary/aromatic N) is 1. The third-order valence-electron chi connectivity index (χ3n) is 3.68. The Bertz CT molecular complexity index is 669. The highest BCUT2D eigenvalue weighted by Crippen LogP contribution is 2.34. The Morgan fingerprint density at radius 3 is 3.05 bits per heavy atom. The molecule has 0 bridgehead atoms. The van der Waals surface area contributed by atoms with E-state index in [9.17, 15) is 4.79 Å². The molecule has 3 rings (SSSR count). The van der Waals surface area contributed by atoms with E-state index in [1.807, 2.05) is 12.1 Å². The van der Waals surface area contributed by atoms with Crippen LogP contribution >= 0.6 is 11.6 Å². The fourth-order valence-corrected chi connectivity index (χ4v) is 2.83. The van der Waals surface area contributed by atoms with Crippen molar-refractivity contribution in [1.82, 2.24) is 4.98 Å². The molecule has 0 N–H and O–H groups in total. The molecule has 0 amide bonds. The molecule has 4 heteroatoms. The summed E-state index contributed by atoms with van der Waals surface area (Å²) in [6, 6.07) is 7.40. The van der Waals surface area contributed by atoms with E-state index in [1.165, 1.54) is 18.0 Å². The van der Waals surface area contributed by atoms with Crippen molar-refractivity contribution in [3.63, 3.8) is 0 Å². The van der Waals surface area contributed by atoms with Crippen LogP contribution in [0.1, 0.15) is 40.7 Å². The predicted octanol–water partition coefficient (Wildman–Crippen LogP) is 4.00. The van der Waals surface area contributed by atoms with Gasteiger partial charge in [-0.2, -0.15) is 0 Å². The van der Waals surface area contributed by atoms with Gasteiger partial charge in [-0.15, -0.1) is 0 Å². The van der Waals surface area contributed by atoms with Crippen LogP contribution in [0, 0.1) is 0 Å². The van der Waals surface area contributed by atoms with Crippen molar-refractivity contribution in [3.05, 3.63) is 58.4 Å². The predicted molar refractivity (Wildman–Crippen MR) is 77.4 cm³/mol. The molecule has 1 aliphatic carbocycles. The minimum Gasteiger partial charge on any atom is -0.421 e. The van der Waals surface area contributed by atoms with E-state index in [0.717, 1.165) is 18.4 Å². The zero-order valence-corrected chi connectivity index (χ0v) is 11.9. The first-order valence-corrected chi connectivity index (χ1v) is 6.97. The van der Waals surface area contributed by atoms with Crippen LogP contribution in [0.5, 0.6) is 5.75 Å². The largest absolute Gasteiger partial charge is 0.421 e. The van der Waals surface area contributed by atoms with Crippen LogP contribution in [0.4, 0.5) is 0 Å². The van der Waals surface area contributed by atoms with Crippen molar-refractivity contribution in [2.45, 2.75) is 25.7 Å². The van der Waals surface area contributed by atoms with Gasteiger partial charge in [-0.1, -0.05) is 30.7 Å². The number of hydrogen-bond donors (Lipinski definition) is 0. The zero-order chi connectivity index (χ0) is 14.1. The Labute approximate surface area is 122 Å². The molecule has 102 valence electrons. The second-order valence-corrected chi connectivity index (χ2v) is 5.48. The molecule has 1 heterocycles. The van der Waals surface area contributed by atoms with E-state index >= 15 is 0 Å². The van der Waals surface area contributed by atoms with Crippen molar-refractivity contribution in [2.75, 3.05) is 0 Å². The monoisotopic (exact) mass is 287 g/mol. The Balaban J connectivity index is 1.89. The molecule has 20 heavy (non-hydrogen) atoms. The Morgan fingerprint density at radius 1 is 1.40 bits per heavy atom. The van der Waals surface area contributed by atoms with Gasteiger partial charge in [-0.05, 0) is 36.0 Å². The first kappa shape index (κ1) is 13.1. The number of fused-ring (bicyclic) bond motifs is 1. The van der Waals surface area contributed by atoms with Gasteiger partial charge in [0.15, 0.2) is 5.75 Å². The van der Waals surface area contributed by atoms with E-state index in [4.69, 9.17) is 16.3 Å². The van der Waals surface area contributed by atoms with Crippen LogP contribution in [0.2, 0.25) is 5.02 Å². The number of benzene rings is 1. The molecule has 0 radical (unpaired) electrons. The van der Waals surface area contributed by atoms with Gasteiger partial charge in [0.05, 0.1) is 16.8 Å². The van der Waals surface area contributed by atoms with E-state index in [2.05, 4.69) is 18.0 Å². The average Bonchev–Trinajstić information content (AvgIpc) is 2.81. The van der Waals surface area contributed by atoms with Crippen LogP contribution in [-0.4, -0.2) is 11.0 Å². The number of esters is 1. The molecule has 2 aromatic rings. The van der Waals surface area contributed by atoms with E-state index < -0.39 is 0 Å². The lowest BCUT2D eigenvalue weighted by Gasteiger charge is -2.09. The van der Waals surface area contributed by atoms with E-state index in [0.29, 0.717) is 22.3 Å². The fraction of sp³-hybridized carbons (Fsp3) is 0.250. The average molecular weight is 288 g/mol. The van der Waals surface area contributed by atoms with Crippen molar-refractivity contribution in [3.8, 4) is 5.75 Å². The number of hydrogen-bond acceptors (Lipinski definition) is 3. The number of pyridine rings is 1. The molecule has 0 aliphatic heterocycles. The normalized spacial score (nSPS) is 16.8. The molecule has 1 aliphatic rings. The van der Waals surface area contributed by atoms with Crippen molar-refractivity contribution >= 4 is 17.6 Å². The summed E-state index contributed by atoms with van der Waals surface area (Å²) in [7, 11) is 0. The van der Waals surface area contributed by atoms with Crippen molar-refractivity contribution < 1.29 is 9.53 Å². The molecule has 0 spiro atoms. The minimum atomic E-state index is -0.347. The summed E-state index contributed by atoms with van der Waals surface area (Å²) < 4.78 is 5.36. The number of halogens is 1. The number of ether oxygens (including phenoxy) is 1. The van der Waals surface area contributed by atoms with Crippen molar-refractivity contribution in [1.29, 1.82) is 0 Å². The van der Waals surface area contributed by atoms with Crippen LogP contribution < -0.4 is 4.74 Å². The van der Waals surface area contributed by atoms with E-state index in [1.54, 1.807) is 6.07 Å². The SMILES string of the molecule is CC1CCc2c(C(=O)Oc3cncc(Cl)c3)cccc21. The molecular formula is C16H14ClNO2. The molecule has 1 aromatic carbocycles. The standard InChI is InChI=1S/C16H14ClNO2/c1-10-5-6-14-13(10)3-2-4-15(14)16(19)20-12-7-11(17)8-18-9-12/h2-4,7-10H,5-6H2,1H3. The maximum absolute atomic E-state index is 12.3. The molecule has 0 fully saturated rings. The lowest BCUT2D eigenvalue weighted by atomic mass is 10.00. The Hall–Kier alpha value is -1.87. The van der Waals surface area contributed by atoms with Gasteiger partial charge in [-0.3, -0.25) is 4.98 Å². The highest BCUT2D eigenvalue weighted by atomic mass is 35.5. The quantitative estimate of drug-likeness (QED) is 0.784. The maximum Gasteiger partial charge on any atom is 0.343 e. The summed E-state index contributed by atoms with van der Waals surface area (Å²) in [6.07, 6.45) is 4.99. The molecule has 3 nitrogen and oxygen atoms in total. The first-order valence-electron chi connectivity index (χ1n) is 6.59. The Kier molecular flexibility index (Phi) is 3.45. The number of aromatic nitrogens is 1. The van der Waals surface area contributed by atoms with Gasteiger partial charge >= 0.3 is 5.97 Å². The summed E-state index contributed by atoms with van der Waals surface area (Å²) in [6.45, 7) is 2.18. The molecule has 1 unspecified atom stereocenters. The lowest BCUT2D eigenvalue weighted by Crippen LogP contribution is -2.11. The summed E-state index contributed by atoms with van der Waals surface area (Å²) >= 11 is 5.83. The topological polar surface area (TPSA) is 39.2 Å². The van der Waals surface area contributed by atoms with Gasteiger partial charge in [0.1, 0.15) is 0 Å². The second-order valence-electron chi connectivity index (χ2n) is 5.04. The second kappa shape index (κ2) is 5.25. The summed E-state index contributed by atoms with van der Waals surface area (Å²) in [5.74, 6) is 0.525. The lowest BCUT2D eigenvalue weighted by molar-refractivity contribution is 0.0733. The highest BCUT2D eigenvalue weighted by Gasteiger charge is 2.24. The smallest absolute Gasteiger partial charge is 0.343 e. The van der Waals surface area contributed by atoms with Gasteiger partial charge in [0.2, 0.25) is 0 Å². The highest BCUT2D eigenvalue weighted by molar-refractivity contribution is 6.30. The summed E-state index contributed by atoms with van der Waals surface area (Å²) in [5, 5.41) is 0.446. The van der Waals surface area contributed by atoms with Gasteiger partial charge in [0.25, 0.3) is 0 Å². The summed E-state index contributed by atoms with van der Waals surface area (Å²) in [4.78, 5) is 16.2. The van der Waals surface area contributed by atoms with Crippen LogP contribution in [0.15, 0.2) is 36.7 Å². The molecule has 1 aromatic heterocycles. The van der Waals surface area contributed by atoms with Crippen LogP contribution in [-0.2, 0) is 6.42 Å². The fourth-order valence-electron chi connectivity index (χ4n) is 2.66. The molecule has 0 saturated carbocycles. The number of carbonyl (C=O) groups excluding carboxylic acids is 1. The molecule has 1 atom stereocenters. The summed E-state index contributed by atoms with van der Waals surface area (Å²) in [5.41, 5.74) is 3.01. The third kappa shape index (κ3) is 2.41. The third-order valence-corrected chi connectivity index (χ3v) is 3.89. The van der Waals surface area contributed by atoms with Crippen molar-refractivity contribution in [2.24, 2.45) is 0 Å². The number of carbonyl (C=O) groups is 1. The van der Waals surface area contributed by atoms with Gasteiger partial charge in [0, 0.05) is 12.3 Å². The number of rotatable bonds is 2. The molecule has 0 saturated heterocycles. The van der Waals surface area contributed by atoms with Gasteiger partial charge in [-0.25, -0.2) is 4.79 Å². The van der Waals surface area contributed by atoms with Crippen LogP contribution in [0.3, 0.4) is 0 Å². The minimum absolute atomic E-state index is 0.347. The van der Waals surface area contributed by atoms with E-state index in [-0.39, 0.29) is 5.97 Å².